The van der Waals surface area contributed by atoms with Crippen LogP contribution in [0.4, 0.5) is 4.39 Å². The third-order valence-corrected chi connectivity index (χ3v) is 3.95. The molecule has 4 rings (SSSR count). The molecule has 1 amide bonds. The highest BCUT2D eigenvalue weighted by molar-refractivity contribution is 5.96. The van der Waals surface area contributed by atoms with Gasteiger partial charge in [0.15, 0.2) is 5.58 Å². The third-order valence-electron chi connectivity index (χ3n) is 3.95. The highest BCUT2D eigenvalue weighted by Crippen LogP contribution is 2.29. The van der Waals surface area contributed by atoms with Crippen LogP contribution >= 0.6 is 0 Å². The number of nitrogens with one attached hydrogen (secondary N) is 1. The first-order valence-corrected chi connectivity index (χ1v) is 7.71. The molecule has 2 aromatic heterocycles. The van der Waals surface area contributed by atoms with Crippen LogP contribution in [0.1, 0.15) is 10.4 Å². The Bertz CT molecular complexity index is 1110. The first-order chi connectivity index (χ1) is 12.7. The average molecular weight is 349 g/mol. The molecule has 0 fully saturated rings. The maximum atomic E-state index is 14.6. The minimum atomic E-state index is -0.663. The standard InChI is InChI=1S/C19H12FN3O3/c20-15-8-11(13-2-1-7-21-10-13)3-5-14(15)19-22-16-9-12(18(24)23-25)4-6-17(16)26-19/h1-10,25H,(H,23,24). The molecule has 0 aliphatic rings. The van der Waals surface area contributed by atoms with Crippen LogP contribution in [0.3, 0.4) is 0 Å². The smallest absolute Gasteiger partial charge is 0.274 e. The Hall–Kier alpha value is -3.58. The second-order valence-electron chi connectivity index (χ2n) is 5.58. The lowest BCUT2D eigenvalue weighted by Gasteiger charge is -2.03. The number of carbonyl (C=O) groups excluding carboxylic acids is 1. The Labute approximate surface area is 146 Å². The van der Waals surface area contributed by atoms with E-state index in [0.717, 1.165) is 5.56 Å². The summed E-state index contributed by atoms with van der Waals surface area (Å²) in [4.78, 5) is 19.7. The highest BCUT2D eigenvalue weighted by atomic mass is 19.1. The summed E-state index contributed by atoms with van der Waals surface area (Å²) in [6, 6.07) is 12.8. The lowest BCUT2D eigenvalue weighted by molar-refractivity contribution is 0.0706. The average Bonchev–Trinajstić information content (AvgIpc) is 3.10. The van der Waals surface area contributed by atoms with Crippen molar-refractivity contribution in [3.05, 3.63) is 72.3 Å². The first kappa shape index (κ1) is 15.9. The molecule has 0 spiro atoms. The number of amides is 1. The summed E-state index contributed by atoms with van der Waals surface area (Å²) in [5.41, 5.74) is 4.26. The van der Waals surface area contributed by atoms with Crippen molar-refractivity contribution in [1.82, 2.24) is 15.4 Å². The van der Waals surface area contributed by atoms with E-state index in [1.165, 1.54) is 24.3 Å². The molecule has 0 aliphatic heterocycles. The van der Waals surface area contributed by atoms with E-state index >= 15 is 0 Å². The van der Waals surface area contributed by atoms with Crippen molar-refractivity contribution < 1.29 is 18.8 Å². The number of benzene rings is 2. The zero-order chi connectivity index (χ0) is 18.1. The molecule has 0 aliphatic carbocycles. The van der Waals surface area contributed by atoms with E-state index in [0.29, 0.717) is 16.7 Å². The maximum absolute atomic E-state index is 14.6. The summed E-state index contributed by atoms with van der Waals surface area (Å²) < 4.78 is 20.2. The fourth-order valence-corrected chi connectivity index (χ4v) is 2.65. The Kier molecular flexibility index (Phi) is 3.91. The van der Waals surface area contributed by atoms with E-state index in [4.69, 9.17) is 9.62 Å². The number of fused-ring (bicyclic) bond motifs is 1. The fourth-order valence-electron chi connectivity index (χ4n) is 2.65. The Morgan fingerprint density at radius 2 is 2.00 bits per heavy atom. The van der Waals surface area contributed by atoms with E-state index in [9.17, 15) is 9.18 Å². The van der Waals surface area contributed by atoms with Gasteiger partial charge in [-0.25, -0.2) is 14.9 Å². The molecular formula is C19H12FN3O3. The van der Waals surface area contributed by atoms with Crippen LogP contribution < -0.4 is 5.48 Å². The zero-order valence-electron chi connectivity index (χ0n) is 13.3. The molecule has 0 bridgehead atoms. The topological polar surface area (TPSA) is 88.2 Å². The van der Waals surface area contributed by atoms with Gasteiger partial charge < -0.3 is 4.42 Å². The molecule has 2 N–H and O–H groups in total. The molecule has 2 heterocycles. The van der Waals surface area contributed by atoms with Crippen molar-refractivity contribution in [3.8, 4) is 22.6 Å². The van der Waals surface area contributed by atoms with Gasteiger partial charge >= 0.3 is 0 Å². The largest absolute Gasteiger partial charge is 0.436 e. The third kappa shape index (κ3) is 2.80. The number of oxazole rings is 1. The lowest BCUT2D eigenvalue weighted by Crippen LogP contribution is -2.18. The first-order valence-electron chi connectivity index (χ1n) is 7.71. The molecule has 7 heteroatoms. The number of hydrogen-bond donors (Lipinski definition) is 2. The molecule has 6 nitrogen and oxygen atoms in total. The van der Waals surface area contributed by atoms with Gasteiger partial charge in [-0.15, -0.1) is 0 Å². The molecule has 0 saturated carbocycles. The van der Waals surface area contributed by atoms with Crippen molar-refractivity contribution in [1.29, 1.82) is 0 Å². The number of rotatable bonds is 3. The second-order valence-corrected chi connectivity index (χ2v) is 5.58. The van der Waals surface area contributed by atoms with Crippen molar-refractivity contribution in [3.63, 3.8) is 0 Å². The molecular weight excluding hydrogens is 337 g/mol. The molecule has 128 valence electrons. The number of halogens is 1. The summed E-state index contributed by atoms with van der Waals surface area (Å²) in [7, 11) is 0. The van der Waals surface area contributed by atoms with Gasteiger partial charge in [0.25, 0.3) is 5.91 Å². The van der Waals surface area contributed by atoms with Crippen LogP contribution in [0.2, 0.25) is 0 Å². The van der Waals surface area contributed by atoms with Crippen molar-refractivity contribution >= 4 is 17.0 Å². The fraction of sp³-hybridized carbons (Fsp3) is 0. The molecule has 2 aromatic carbocycles. The van der Waals surface area contributed by atoms with E-state index in [1.54, 1.807) is 36.1 Å². The lowest BCUT2D eigenvalue weighted by atomic mass is 10.1. The summed E-state index contributed by atoms with van der Waals surface area (Å²) in [6.45, 7) is 0. The number of pyridine rings is 1. The predicted octanol–water partition coefficient (Wildman–Crippen LogP) is 3.81. The Balaban J connectivity index is 1.74. The summed E-state index contributed by atoms with van der Waals surface area (Å²) in [5.74, 6) is -1.04. The quantitative estimate of drug-likeness (QED) is 0.434. The predicted molar refractivity (Wildman–Crippen MR) is 91.9 cm³/mol. The van der Waals surface area contributed by atoms with Crippen molar-refractivity contribution in [2.45, 2.75) is 0 Å². The number of hydrogen-bond acceptors (Lipinski definition) is 5. The van der Waals surface area contributed by atoms with Gasteiger partial charge in [-0.1, -0.05) is 12.1 Å². The van der Waals surface area contributed by atoms with E-state index in [-0.39, 0.29) is 17.0 Å². The van der Waals surface area contributed by atoms with Gasteiger partial charge in [0, 0.05) is 23.5 Å². The molecule has 0 radical (unpaired) electrons. The van der Waals surface area contributed by atoms with E-state index < -0.39 is 11.7 Å². The minimum absolute atomic E-state index is 0.108. The van der Waals surface area contributed by atoms with Crippen LogP contribution in [-0.4, -0.2) is 21.1 Å². The summed E-state index contributed by atoms with van der Waals surface area (Å²) in [5, 5.41) is 8.70. The number of carbonyl (C=O) groups is 1. The van der Waals surface area contributed by atoms with Crippen LogP contribution in [0.25, 0.3) is 33.7 Å². The van der Waals surface area contributed by atoms with Gasteiger partial charge in [-0.3, -0.25) is 15.0 Å². The SMILES string of the molecule is O=C(NO)c1ccc2oc(-c3ccc(-c4cccnc4)cc3F)nc2c1. The van der Waals surface area contributed by atoms with Gasteiger partial charge in [0.05, 0.1) is 5.56 Å². The molecule has 0 atom stereocenters. The molecule has 0 saturated heterocycles. The van der Waals surface area contributed by atoms with Crippen LogP contribution in [-0.2, 0) is 0 Å². The van der Waals surface area contributed by atoms with Gasteiger partial charge in [0.2, 0.25) is 5.89 Å². The Morgan fingerprint density at radius 1 is 1.12 bits per heavy atom. The number of nitrogens with zero attached hydrogens (tertiary/aromatic N) is 2. The van der Waals surface area contributed by atoms with Crippen molar-refractivity contribution in [2.24, 2.45) is 0 Å². The summed E-state index contributed by atoms with van der Waals surface area (Å²) >= 11 is 0. The normalized spacial score (nSPS) is 10.8. The van der Waals surface area contributed by atoms with Crippen molar-refractivity contribution in [2.75, 3.05) is 0 Å². The van der Waals surface area contributed by atoms with Gasteiger partial charge in [0.1, 0.15) is 11.3 Å². The van der Waals surface area contributed by atoms with E-state index in [2.05, 4.69) is 9.97 Å². The summed E-state index contributed by atoms with van der Waals surface area (Å²) in [6.07, 6.45) is 3.31. The van der Waals surface area contributed by atoms with Gasteiger partial charge in [-0.2, -0.15) is 0 Å². The Morgan fingerprint density at radius 3 is 2.73 bits per heavy atom. The van der Waals surface area contributed by atoms with E-state index in [1.807, 2.05) is 6.07 Å². The van der Waals surface area contributed by atoms with Crippen LogP contribution in [0.5, 0.6) is 0 Å². The highest BCUT2D eigenvalue weighted by Gasteiger charge is 2.15. The minimum Gasteiger partial charge on any atom is -0.436 e. The zero-order valence-corrected chi connectivity index (χ0v) is 13.3. The molecule has 26 heavy (non-hydrogen) atoms. The number of aromatic nitrogens is 2. The van der Waals surface area contributed by atoms with Crippen LogP contribution in [0.15, 0.2) is 65.3 Å². The maximum Gasteiger partial charge on any atom is 0.274 e. The van der Waals surface area contributed by atoms with Gasteiger partial charge in [-0.05, 0) is 42.0 Å². The monoisotopic (exact) mass is 349 g/mol. The second kappa shape index (κ2) is 6.38. The van der Waals surface area contributed by atoms with Crippen LogP contribution in [0, 0.1) is 5.82 Å². The molecule has 0 unspecified atom stereocenters. The molecule has 4 aromatic rings. The number of hydroxylamine groups is 1.